The van der Waals surface area contributed by atoms with Gasteiger partial charge in [0.2, 0.25) is 0 Å². The predicted molar refractivity (Wildman–Crippen MR) is 83.0 cm³/mol. The Morgan fingerprint density at radius 2 is 1.94 bits per heavy atom. The first kappa shape index (κ1) is 14.6. The Labute approximate surface area is 115 Å². The summed E-state index contributed by atoms with van der Waals surface area (Å²) in [5, 5.41) is 7.86. The third-order valence-electron chi connectivity index (χ3n) is 2.52. The molecule has 1 rings (SSSR count). The number of nitrogens with zero attached hydrogens (tertiary/aromatic N) is 1. The highest BCUT2D eigenvalue weighted by Crippen LogP contribution is 2.04. The quantitative estimate of drug-likeness (QED) is 0.353. The van der Waals surface area contributed by atoms with Gasteiger partial charge in [0.05, 0.1) is 0 Å². The summed E-state index contributed by atoms with van der Waals surface area (Å²) in [7, 11) is 0. The highest BCUT2D eigenvalue weighted by molar-refractivity contribution is 7.80. The maximum absolute atomic E-state index is 5.16. The molecule has 0 fully saturated rings. The summed E-state index contributed by atoms with van der Waals surface area (Å²) in [6.45, 7) is 4.22. The van der Waals surface area contributed by atoms with Crippen LogP contribution in [-0.2, 0) is 0 Å². The molecule has 0 aliphatic heterocycles. The van der Waals surface area contributed by atoms with Gasteiger partial charge in [0.15, 0.2) is 5.11 Å². The molecule has 0 spiro atoms. The van der Waals surface area contributed by atoms with Gasteiger partial charge in [-0.15, -0.1) is 0 Å². The van der Waals surface area contributed by atoms with Gasteiger partial charge < -0.3 is 5.32 Å². The zero-order chi connectivity index (χ0) is 13.2. The minimum absolute atomic E-state index is 0.524. The van der Waals surface area contributed by atoms with Crippen LogP contribution in [0, 0.1) is 0 Å². The lowest BCUT2D eigenvalue weighted by molar-refractivity contribution is 0.738. The van der Waals surface area contributed by atoms with Gasteiger partial charge in [-0.25, -0.2) is 0 Å². The molecule has 0 saturated carbocycles. The minimum atomic E-state index is 0.524. The lowest BCUT2D eigenvalue weighted by atomic mass is 10.1. The van der Waals surface area contributed by atoms with E-state index in [-0.39, 0.29) is 0 Å². The van der Waals surface area contributed by atoms with Crippen LogP contribution in [0.4, 0.5) is 5.69 Å². The van der Waals surface area contributed by atoms with Crippen molar-refractivity contribution in [3.63, 3.8) is 0 Å². The Morgan fingerprint density at radius 1 is 1.22 bits per heavy atom. The largest absolute Gasteiger partial charge is 0.331 e. The van der Waals surface area contributed by atoms with Crippen molar-refractivity contribution in [2.45, 2.75) is 39.5 Å². The molecule has 0 aliphatic rings. The van der Waals surface area contributed by atoms with Crippen LogP contribution in [0.5, 0.6) is 0 Å². The molecule has 0 unspecified atom stereocenters. The van der Waals surface area contributed by atoms with Crippen LogP contribution >= 0.6 is 12.2 Å². The van der Waals surface area contributed by atoms with E-state index in [9.17, 15) is 0 Å². The molecular weight excluding hydrogens is 242 g/mol. The van der Waals surface area contributed by atoms with Crippen LogP contribution in [-0.4, -0.2) is 10.8 Å². The highest BCUT2D eigenvalue weighted by Gasteiger charge is 1.96. The smallest absolute Gasteiger partial charge is 0.191 e. The number of rotatable bonds is 6. The van der Waals surface area contributed by atoms with Gasteiger partial charge >= 0.3 is 0 Å². The maximum Gasteiger partial charge on any atom is 0.191 e. The zero-order valence-corrected chi connectivity index (χ0v) is 11.9. The summed E-state index contributed by atoms with van der Waals surface area (Å²) in [6.07, 6.45) is 4.69. The first-order valence-electron chi connectivity index (χ1n) is 6.37. The Hall–Kier alpha value is -1.42. The SMILES string of the molecule is CCCCC/C(C)=N/NC(=S)Nc1ccccc1. The normalized spacial score (nSPS) is 11.1. The molecule has 4 heteroatoms. The second-order valence-corrected chi connectivity index (χ2v) is 4.64. The van der Waals surface area contributed by atoms with Crippen molar-refractivity contribution in [3.05, 3.63) is 30.3 Å². The van der Waals surface area contributed by atoms with Gasteiger partial charge in [0.1, 0.15) is 0 Å². The lowest BCUT2D eigenvalue weighted by Crippen LogP contribution is -2.24. The van der Waals surface area contributed by atoms with Gasteiger partial charge in [-0.3, -0.25) is 5.43 Å². The van der Waals surface area contributed by atoms with Crippen LogP contribution in [0.3, 0.4) is 0 Å². The van der Waals surface area contributed by atoms with Gasteiger partial charge in [0, 0.05) is 11.4 Å². The van der Waals surface area contributed by atoms with E-state index in [1.807, 2.05) is 37.3 Å². The van der Waals surface area contributed by atoms with Gasteiger partial charge in [0.25, 0.3) is 0 Å². The molecule has 0 radical (unpaired) electrons. The van der Waals surface area contributed by atoms with E-state index in [0.717, 1.165) is 17.8 Å². The zero-order valence-electron chi connectivity index (χ0n) is 11.1. The molecule has 0 amide bonds. The fourth-order valence-electron chi connectivity index (χ4n) is 1.51. The summed E-state index contributed by atoms with van der Waals surface area (Å²) in [5.41, 5.74) is 4.92. The lowest BCUT2D eigenvalue weighted by Gasteiger charge is -2.07. The standard InChI is InChI=1S/C14H21N3S/c1-3-4-6-9-12(2)16-17-14(18)15-13-10-7-5-8-11-13/h5,7-8,10-11H,3-4,6,9H2,1-2H3,(H2,15,17,18)/b16-12+. The van der Waals surface area contributed by atoms with Crippen molar-refractivity contribution in [2.75, 3.05) is 5.32 Å². The molecule has 98 valence electrons. The highest BCUT2D eigenvalue weighted by atomic mass is 32.1. The van der Waals surface area contributed by atoms with Gasteiger partial charge in [-0.1, -0.05) is 38.0 Å². The number of benzene rings is 1. The van der Waals surface area contributed by atoms with Crippen LogP contribution < -0.4 is 10.7 Å². The molecule has 0 heterocycles. The molecule has 0 aromatic heterocycles. The maximum atomic E-state index is 5.16. The fourth-order valence-corrected chi connectivity index (χ4v) is 1.68. The number of hydrazone groups is 1. The monoisotopic (exact) mass is 263 g/mol. The van der Waals surface area contributed by atoms with Gasteiger partial charge in [-0.2, -0.15) is 5.10 Å². The minimum Gasteiger partial charge on any atom is -0.331 e. The van der Waals surface area contributed by atoms with Crippen molar-refractivity contribution in [1.29, 1.82) is 0 Å². The van der Waals surface area contributed by atoms with Crippen molar-refractivity contribution in [1.82, 2.24) is 5.43 Å². The summed E-state index contributed by atoms with van der Waals surface area (Å²) >= 11 is 5.16. The Bertz CT molecular complexity index is 387. The Balaban J connectivity index is 2.30. The molecule has 0 aliphatic carbocycles. The van der Waals surface area contributed by atoms with E-state index >= 15 is 0 Å². The predicted octanol–water partition coefficient (Wildman–Crippen LogP) is 3.93. The molecule has 0 saturated heterocycles. The topological polar surface area (TPSA) is 36.4 Å². The van der Waals surface area contributed by atoms with Crippen molar-refractivity contribution >= 4 is 28.7 Å². The van der Waals surface area contributed by atoms with Crippen molar-refractivity contribution < 1.29 is 0 Å². The van der Waals surface area contributed by atoms with E-state index in [2.05, 4.69) is 22.8 Å². The third kappa shape index (κ3) is 6.35. The summed E-state index contributed by atoms with van der Waals surface area (Å²) in [5.74, 6) is 0. The van der Waals surface area contributed by atoms with Crippen molar-refractivity contribution in [2.24, 2.45) is 5.10 Å². The number of thiocarbonyl (C=S) groups is 1. The second kappa shape index (κ2) is 8.64. The molecule has 1 aromatic rings. The number of nitrogens with one attached hydrogen (secondary N) is 2. The third-order valence-corrected chi connectivity index (χ3v) is 2.72. The fraction of sp³-hybridized carbons (Fsp3) is 0.429. The van der Waals surface area contributed by atoms with Gasteiger partial charge in [-0.05, 0) is 44.1 Å². The Morgan fingerprint density at radius 3 is 2.61 bits per heavy atom. The summed E-state index contributed by atoms with van der Waals surface area (Å²) in [6, 6.07) is 9.82. The van der Waals surface area contributed by atoms with Crippen LogP contribution in [0.1, 0.15) is 39.5 Å². The second-order valence-electron chi connectivity index (χ2n) is 4.24. The van der Waals surface area contributed by atoms with E-state index in [1.165, 1.54) is 19.3 Å². The molecule has 2 N–H and O–H groups in total. The van der Waals surface area contributed by atoms with E-state index in [1.54, 1.807) is 0 Å². The van der Waals surface area contributed by atoms with E-state index in [0.29, 0.717) is 5.11 Å². The Kier molecular flexibility index (Phi) is 7.03. The average Bonchev–Trinajstić information content (AvgIpc) is 2.38. The number of hydrogen-bond acceptors (Lipinski definition) is 2. The molecular formula is C14H21N3S. The number of anilines is 1. The molecule has 0 bridgehead atoms. The average molecular weight is 263 g/mol. The first-order valence-corrected chi connectivity index (χ1v) is 6.78. The summed E-state index contributed by atoms with van der Waals surface area (Å²) in [4.78, 5) is 0. The van der Waals surface area contributed by atoms with Crippen LogP contribution in [0.15, 0.2) is 35.4 Å². The van der Waals surface area contributed by atoms with E-state index in [4.69, 9.17) is 12.2 Å². The number of para-hydroxylation sites is 1. The first-order chi connectivity index (χ1) is 8.72. The number of unbranched alkanes of at least 4 members (excludes halogenated alkanes) is 2. The molecule has 18 heavy (non-hydrogen) atoms. The van der Waals surface area contributed by atoms with E-state index < -0.39 is 0 Å². The van der Waals surface area contributed by atoms with Crippen molar-refractivity contribution in [3.8, 4) is 0 Å². The van der Waals surface area contributed by atoms with Crippen LogP contribution in [0.25, 0.3) is 0 Å². The molecule has 1 aromatic carbocycles. The molecule has 3 nitrogen and oxygen atoms in total. The van der Waals surface area contributed by atoms with Crippen LogP contribution in [0.2, 0.25) is 0 Å². The summed E-state index contributed by atoms with van der Waals surface area (Å²) < 4.78 is 0. The molecule has 0 atom stereocenters. The number of hydrogen-bond donors (Lipinski definition) is 2.